The van der Waals surface area contributed by atoms with Crippen molar-refractivity contribution in [2.24, 2.45) is 0 Å². The Kier molecular flexibility index (Phi) is 5.89. The first-order valence-corrected chi connectivity index (χ1v) is 7.82. The summed E-state index contributed by atoms with van der Waals surface area (Å²) >= 11 is 0. The number of carbonyl (C=O) groups is 3. The van der Waals surface area contributed by atoms with Gasteiger partial charge in [0.25, 0.3) is 5.91 Å². The standard InChI is InChI=1S/C19H20N2O4/c1-12-5-3-6-14(9-12)10-17(19(24)25)21-18(23)15-7-4-8-16(11-15)20-13(2)22/h3-9,11,17H,10H2,1-2H3,(H,20,22)(H,21,23)(H,24,25)/t17-/m0/s1. The van der Waals surface area contributed by atoms with Crippen LogP contribution >= 0.6 is 0 Å². The number of carboxylic acid groups (broad SMARTS) is 1. The van der Waals surface area contributed by atoms with Crippen molar-refractivity contribution < 1.29 is 19.5 Å². The topological polar surface area (TPSA) is 95.5 Å². The summed E-state index contributed by atoms with van der Waals surface area (Å²) in [7, 11) is 0. The van der Waals surface area contributed by atoms with Crippen LogP contribution in [0.5, 0.6) is 0 Å². The van der Waals surface area contributed by atoms with Crippen molar-refractivity contribution in [1.82, 2.24) is 5.32 Å². The van der Waals surface area contributed by atoms with Crippen molar-refractivity contribution in [3.8, 4) is 0 Å². The lowest BCUT2D eigenvalue weighted by Gasteiger charge is -2.15. The molecule has 0 unspecified atom stereocenters. The number of nitrogens with one attached hydrogen (secondary N) is 2. The fourth-order valence-corrected chi connectivity index (χ4v) is 2.46. The number of rotatable bonds is 6. The molecule has 3 N–H and O–H groups in total. The van der Waals surface area contributed by atoms with Gasteiger partial charge in [-0.2, -0.15) is 0 Å². The highest BCUT2D eigenvalue weighted by Crippen LogP contribution is 2.12. The second kappa shape index (κ2) is 8.10. The van der Waals surface area contributed by atoms with Crippen LogP contribution in [-0.2, 0) is 16.0 Å². The van der Waals surface area contributed by atoms with Crippen LogP contribution in [0.2, 0.25) is 0 Å². The lowest BCUT2D eigenvalue weighted by molar-refractivity contribution is -0.139. The van der Waals surface area contributed by atoms with Crippen LogP contribution in [0, 0.1) is 6.92 Å². The predicted molar refractivity (Wildman–Crippen MR) is 94.5 cm³/mol. The SMILES string of the molecule is CC(=O)Nc1cccc(C(=O)N[C@@H](Cc2cccc(C)c2)C(=O)O)c1. The molecule has 0 saturated heterocycles. The summed E-state index contributed by atoms with van der Waals surface area (Å²) in [5.74, 6) is -1.86. The maximum atomic E-state index is 12.4. The minimum atomic E-state index is -1.10. The molecule has 2 amide bonds. The van der Waals surface area contributed by atoms with Crippen molar-refractivity contribution in [2.75, 3.05) is 5.32 Å². The van der Waals surface area contributed by atoms with Gasteiger partial charge in [-0.25, -0.2) is 4.79 Å². The second-order valence-electron chi connectivity index (χ2n) is 5.82. The second-order valence-corrected chi connectivity index (χ2v) is 5.82. The maximum Gasteiger partial charge on any atom is 0.326 e. The van der Waals surface area contributed by atoms with Gasteiger partial charge in [0.15, 0.2) is 0 Å². The molecule has 6 heteroatoms. The molecule has 6 nitrogen and oxygen atoms in total. The first kappa shape index (κ1) is 18.2. The average Bonchev–Trinajstić information content (AvgIpc) is 2.53. The normalized spacial score (nSPS) is 11.4. The van der Waals surface area contributed by atoms with E-state index in [0.29, 0.717) is 5.69 Å². The molecular weight excluding hydrogens is 320 g/mol. The van der Waals surface area contributed by atoms with E-state index >= 15 is 0 Å². The molecule has 0 spiro atoms. The van der Waals surface area contributed by atoms with E-state index in [1.807, 2.05) is 31.2 Å². The molecule has 0 aliphatic carbocycles. The van der Waals surface area contributed by atoms with Crippen LogP contribution in [0.15, 0.2) is 48.5 Å². The Balaban J connectivity index is 2.12. The van der Waals surface area contributed by atoms with Crippen molar-refractivity contribution in [1.29, 1.82) is 0 Å². The predicted octanol–water partition coefficient (Wildman–Crippen LogP) is 2.38. The fourth-order valence-electron chi connectivity index (χ4n) is 2.46. The highest BCUT2D eigenvalue weighted by atomic mass is 16.4. The monoisotopic (exact) mass is 340 g/mol. The lowest BCUT2D eigenvalue weighted by atomic mass is 10.0. The van der Waals surface area contributed by atoms with Crippen LogP contribution in [0.1, 0.15) is 28.4 Å². The number of anilines is 1. The van der Waals surface area contributed by atoms with E-state index in [1.54, 1.807) is 18.2 Å². The number of hydrogen-bond donors (Lipinski definition) is 3. The van der Waals surface area contributed by atoms with Gasteiger partial charge in [0.2, 0.25) is 5.91 Å². The number of hydrogen-bond acceptors (Lipinski definition) is 3. The summed E-state index contributed by atoms with van der Waals surface area (Å²) in [6.07, 6.45) is 0.189. The minimum absolute atomic E-state index is 0.189. The molecule has 2 aromatic carbocycles. The first-order chi connectivity index (χ1) is 11.8. The lowest BCUT2D eigenvalue weighted by Crippen LogP contribution is -2.42. The number of aryl methyl sites for hydroxylation is 1. The Labute approximate surface area is 145 Å². The first-order valence-electron chi connectivity index (χ1n) is 7.82. The van der Waals surface area contributed by atoms with Gasteiger partial charge in [-0.1, -0.05) is 35.9 Å². The Morgan fingerprint density at radius 1 is 1.08 bits per heavy atom. The highest BCUT2D eigenvalue weighted by molar-refractivity contribution is 5.98. The summed E-state index contributed by atoms with van der Waals surface area (Å²) in [4.78, 5) is 35.0. The van der Waals surface area contributed by atoms with Gasteiger partial charge in [0.05, 0.1) is 0 Å². The molecule has 0 fully saturated rings. The fraction of sp³-hybridized carbons (Fsp3) is 0.211. The smallest absolute Gasteiger partial charge is 0.326 e. The van der Waals surface area contributed by atoms with Crippen LogP contribution < -0.4 is 10.6 Å². The van der Waals surface area contributed by atoms with E-state index in [-0.39, 0.29) is 17.9 Å². The van der Waals surface area contributed by atoms with Gasteiger partial charge >= 0.3 is 5.97 Å². The number of aliphatic carboxylic acids is 1. The third-order valence-corrected chi connectivity index (χ3v) is 3.57. The van der Waals surface area contributed by atoms with Crippen LogP contribution in [0.4, 0.5) is 5.69 Å². The molecule has 0 aromatic heterocycles. The Hall–Kier alpha value is -3.15. The molecule has 0 heterocycles. The van der Waals surface area contributed by atoms with Crippen molar-refractivity contribution in [3.63, 3.8) is 0 Å². The van der Waals surface area contributed by atoms with Crippen molar-refractivity contribution in [3.05, 3.63) is 65.2 Å². The van der Waals surface area contributed by atoms with Gasteiger partial charge in [0, 0.05) is 24.6 Å². The van der Waals surface area contributed by atoms with Gasteiger partial charge in [-0.15, -0.1) is 0 Å². The van der Waals surface area contributed by atoms with E-state index in [4.69, 9.17) is 0 Å². The highest BCUT2D eigenvalue weighted by Gasteiger charge is 2.21. The molecule has 0 saturated carbocycles. The zero-order chi connectivity index (χ0) is 18.4. The van der Waals surface area contributed by atoms with Gasteiger partial charge in [0.1, 0.15) is 6.04 Å². The number of amides is 2. The van der Waals surface area contributed by atoms with Crippen molar-refractivity contribution in [2.45, 2.75) is 26.3 Å². The summed E-state index contributed by atoms with van der Waals surface area (Å²) in [6.45, 7) is 3.29. The van der Waals surface area contributed by atoms with E-state index < -0.39 is 17.9 Å². The van der Waals surface area contributed by atoms with E-state index in [9.17, 15) is 19.5 Å². The molecule has 0 radical (unpaired) electrons. The molecule has 0 aliphatic heterocycles. The summed E-state index contributed by atoms with van der Waals surface area (Å²) in [6, 6.07) is 12.8. The Morgan fingerprint density at radius 2 is 1.80 bits per heavy atom. The Bertz CT molecular complexity index is 802. The molecular formula is C19H20N2O4. The Morgan fingerprint density at radius 3 is 2.44 bits per heavy atom. The maximum absolute atomic E-state index is 12.4. The third kappa shape index (κ3) is 5.46. The quantitative estimate of drug-likeness (QED) is 0.752. The average molecular weight is 340 g/mol. The van der Waals surface area contributed by atoms with Crippen LogP contribution in [0.3, 0.4) is 0 Å². The molecule has 0 aliphatic rings. The number of carboxylic acids is 1. The number of benzene rings is 2. The van der Waals surface area contributed by atoms with Gasteiger partial charge in [-0.05, 0) is 30.7 Å². The third-order valence-electron chi connectivity index (χ3n) is 3.57. The summed E-state index contributed by atoms with van der Waals surface area (Å²) < 4.78 is 0. The number of carbonyl (C=O) groups excluding carboxylic acids is 2. The molecule has 2 rings (SSSR count). The van der Waals surface area contributed by atoms with Crippen LogP contribution in [-0.4, -0.2) is 28.9 Å². The molecule has 1 atom stereocenters. The zero-order valence-electron chi connectivity index (χ0n) is 14.1. The molecule has 130 valence electrons. The van der Waals surface area contributed by atoms with E-state index in [1.165, 1.54) is 13.0 Å². The summed E-state index contributed by atoms with van der Waals surface area (Å²) in [5, 5.41) is 14.5. The van der Waals surface area contributed by atoms with Crippen LogP contribution in [0.25, 0.3) is 0 Å². The molecule has 25 heavy (non-hydrogen) atoms. The van der Waals surface area contributed by atoms with Gasteiger partial charge < -0.3 is 15.7 Å². The van der Waals surface area contributed by atoms with E-state index in [0.717, 1.165) is 11.1 Å². The zero-order valence-corrected chi connectivity index (χ0v) is 14.1. The summed E-state index contributed by atoms with van der Waals surface area (Å²) in [5.41, 5.74) is 2.61. The minimum Gasteiger partial charge on any atom is -0.480 e. The van der Waals surface area contributed by atoms with E-state index in [2.05, 4.69) is 10.6 Å². The van der Waals surface area contributed by atoms with Gasteiger partial charge in [-0.3, -0.25) is 9.59 Å². The molecule has 0 bridgehead atoms. The molecule has 2 aromatic rings. The van der Waals surface area contributed by atoms with Crippen molar-refractivity contribution >= 4 is 23.5 Å². The largest absolute Gasteiger partial charge is 0.480 e.